The molecule has 1 nitrogen and oxygen atoms in total. The van der Waals surface area contributed by atoms with Gasteiger partial charge in [0.2, 0.25) is 0 Å². The van der Waals surface area contributed by atoms with E-state index >= 15 is 13.2 Å². The molecular weight excluding hydrogens is 457 g/mol. The Bertz CT molecular complexity index is 991. The van der Waals surface area contributed by atoms with Crippen molar-refractivity contribution in [3.63, 3.8) is 0 Å². The van der Waals surface area contributed by atoms with Gasteiger partial charge in [-0.25, -0.2) is 4.39 Å². The number of alkyl halides is 2. The van der Waals surface area contributed by atoms with Gasteiger partial charge in [-0.3, -0.25) is 0 Å². The third-order valence-corrected chi connectivity index (χ3v) is 8.39. The van der Waals surface area contributed by atoms with Crippen LogP contribution >= 0.6 is 0 Å². The Kier molecular flexibility index (Phi) is 9.41. The summed E-state index contributed by atoms with van der Waals surface area (Å²) < 4.78 is 50.6. The quantitative estimate of drug-likeness (QED) is 0.263. The lowest BCUT2D eigenvalue weighted by Gasteiger charge is -2.32. The summed E-state index contributed by atoms with van der Waals surface area (Å²) in [5.41, 5.74) is 2.13. The first-order valence-electron chi connectivity index (χ1n) is 14.5. The summed E-state index contributed by atoms with van der Waals surface area (Å²) in [4.78, 5) is 0. The van der Waals surface area contributed by atoms with E-state index in [0.717, 1.165) is 50.0 Å². The molecule has 1 heterocycles. The predicted molar refractivity (Wildman–Crippen MR) is 142 cm³/mol. The molecule has 36 heavy (non-hydrogen) atoms. The molecule has 0 radical (unpaired) electrons. The molecule has 198 valence electrons. The van der Waals surface area contributed by atoms with Crippen molar-refractivity contribution in [1.82, 2.24) is 0 Å². The zero-order valence-electron chi connectivity index (χ0n) is 22.2. The van der Waals surface area contributed by atoms with Crippen molar-refractivity contribution in [3.8, 4) is 16.9 Å². The lowest BCUT2D eigenvalue weighted by atomic mass is 9.76. The van der Waals surface area contributed by atoms with E-state index in [9.17, 15) is 0 Å². The van der Waals surface area contributed by atoms with Gasteiger partial charge in [0.25, 0.3) is 0 Å². The number of hydrogen-bond acceptors (Lipinski definition) is 1. The number of hydrogen-bond donors (Lipinski definition) is 0. The van der Waals surface area contributed by atoms with Crippen LogP contribution in [0, 0.1) is 11.7 Å². The number of rotatable bonds is 12. The van der Waals surface area contributed by atoms with E-state index < -0.39 is 11.9 Å². The molecular formula is C32H43F3O. The van der Waals surface area contributed by atoms with Crippen LogP contribution in [0.2, 0.25) is 0 Å². The fraction of sp³-hybridized carbons (Fsp3) is 0.625. The van der Waals surface area contributed by atoms with Crippen LogP contribution in [0.1, 0.15) is 126 Å². The predicted octanol–water partition coefficient (Wildman–Crippen LogP) is 10.7. The van der Waals surface area contributed by atoms with Crippen molar-refractivity contribution >= 4 is 0 Å². The second-order valence-corrected chi connectivity index (χ2v) is 11.1. The number of ether oxygens (including phenoxy) is 1. The van der Waals surface area contributed by atoms with Gasteiger partial charge in [-0.05, 0) is 73.1 Å². The molecule has 0 saturated heterocycles. The Hall–Kier alpha value is -1.97. The van der Waals surface area contributed by atoms with Crippen molar-refractivity contribution in [2.45, 2.75) is 122 Å². The smallest absolute Gasteiger partial charge is 0.425 e. The van der Waals surface area contributed by atoms with Gasteiger partial charge < -0.3 is 4.74 Å². The minimum Gasteiger partial charge on any atom is -0.425 e. The van der Waals surface area contributed by atoms with E-state index in [2.05, 4.69) is 13.8 Å². The normalized spacial score (nSPS) is 20.5. The Morgan fingerprint density at radius 2 is 1.47 bits per heavy atom. The van der Waals surface area contributed by atoms with Crippen LogP contribution in [0.15, 0.2) is 30.3 Å². The van der Waals surface area contributed by atoms with Gasteiger partial charge >= 0.3 is 6.11 Å². The maximum Gasteiger partial charge on any atom is 0.427 e. The fourth-order valence-corrected chi connectivity index (χ4v) is 6.14. The second kappa shape index (κ2) is 12.5. The summed E-state index contributed by atoms with van der Waals surface area (Å²) in [6.07, 6.45) is 13.4. The molecule has 4 rings (SSSR count). The lowest BCUT2D eigenvalue weighted by molar-refractivity contribution is -0.188. The number of halogens is 3. The van der Waals surface area contributed by atoms with E-state index in [1.54, 1.807) is 24.3 Å². The minimum atomic E-state index is -3.53. The summed E-state index contributed by atoms with van der Waals surface area (Å²) >= 11 is 0. The molecule has 0 spiro atoms. The van der Waals surface area contributed by atoms with E-state index in [-0.39, 0.29) is 11.3 Å². The molecule has 2 aromatic carbocycles. The molecule has 1 aliphatic heterocycles. The fourth-order valence-electron chi connectivity index (χ4n) is 6.14. The third-order valence-electron chi connectivity index (χ3n) is 8.39. The molecule has 1 saturated carbocycles. The van der Waals surface area contributed by atoms with Crippen LogP contribution in [0.4, 0.5) is 13.2 Å². The van der Waals surface area contributed by atoms with Crippen LogP contribution < -0.4 is 4.74 Å². The standard InChI is InChI=1S/C32H43F3O/c1-3-5-7-9-10-12-23-14-16-24(17-15-23)26-19-20-27-28-21-18-25(13-11-8-6-4-2)30(33)31(28)36-32(34,35)29(27)22-26/h18-24H,3-17H2,1-2H3. The zero-order chi connectivity index (χ0) is 25.5. The largest absolute Gasteiger partial charge is 0.427 e. The molecule has 0 N–H and O–H groups in total. The highest BCUT2D eigenvalue weighted by Crippen LogP contribution is 2.50. The summed E-state index contributed by atoms with van der Waals surface area (Å²) in [5.74, 6) is 0.154. The molecule has 1 fully saturated rings. The third kappa shape index (κ3) is 6.29. The number of fused-ring (bicyclic) bond motifs is 3. The number of unbranched alkanes of at least 4 members (excludes halogenated alkanes) is 7. The van der Waals surface area contributed by atoms with Gasteiger partial charge in [-0.15, -0.1) is 0 Å². The number of benzene rings is 2. The van der Waals surface area contributed by atoms with Crippen molar-refractivity contribution in [2.75, 3.05) is 0 Å². The van der Waals surface area contributed by atoms with E-state index in [1.807, 2.05) is 6.07 Å². The highest BCUT2D eigenvalue weighted by atomic mass is 19.3. The van der Waals surface area contributed by atoms with Crippen LogP contribution in [-0.2, 0) is 12.5 Å². The highest BCUT2D eigenvalue weighted by Gasteiger charge is 2.44. The van der Waals surface area contributed by atoms with E-state index in [4.69, 9.17) is 4.74 Å². The number of aryl methyl sites for hydroxylation is 1. The summed E-state index contributed by atoms with van der Waals surface area (Å²) in [6.45, 7) is 4.37. The first-order chi connectivity index (χ1) is 17.4. The molecule has 2 aliphatic rings. The van der Waals surface area contributed by atoms with Crippen molar-refractivity contribution < 1.29 is 17.9 Å². The maximum absolute atomic E-state index is 15.2. The molecule has 0 amide bonds. The Labute approximate surface area is 215 Å². The average Bonchev–Trinajstić information content (AvgIpc) is 2.88. The first kappa shape index (κ1) is 27.1. The summed E-state index contributed by atoms with van der Waals surface area (Å²) in [5, 5.41) is 0. The van der Waals surface area contributed by atoms with E-state index in [1.165, 1.54) is 51.4 Å². The molecule has 1 aliphatic carbocycles. The van der Waals surface area contributed by atoms with Crippen molar-refractivity contribution in [2.24, 2.45) is 5.92 Å². The van der Waals surface area contributed by atoms with Crippen molar-refractivity contribution in [1.29, 1.82) is 0 Å². The Morgan fingerprint density at radius 3 is 2.19 bits per heavy atom. The summed E-state index contributed by atoms with van der Waals surface area (Å²) in [7, 11) is 0. The van der Waals surface area contributed by atoms with Crippen LogP contribution in [0.25, 0.3) is 11.1 Å². The SMILES string of the molecule is CCCCCCCC1CCC(c2ccc3c(c2)C(F)(F)Oc2c-3ccc(CCCCCC)c2F)CC1. The highest BCUT2D eigenvalue weighted by molar-refractivity contribution is 5.77. The van der Waals surface area contributed by atoms with Gasteiger partial charge in [0, 0.05) is 5.56 Å². The van der Waals surface area contributed by atoms with Gasteiger partial charge in [0.15, 0.2) is 11.6 Å². The van der Waals surface area contributed by atoms with Crippen LogP contribution in [0.5, 0.6) is 5.75 Å². The Balaban J connectivity index is 1.44. The first-order valence-corrected chi connectivity index (χ1v) is 14.5. The topological polar surface area (TPSA) is 9.23 Å². The second-order valence-electron chi connectivity index (χ2n) is 11.1. The zero-order valence-corrected chi connectivity index (χ0v) is 22.2. The lowest BCUT2D eigenvalue weighted by Crippen LogP contribution is -2.28. The average molecular weight is 501 g/mol. The van der Waals surface area contributed by atoms with Crippen LogP contribution in [-0.4, -0.2) is 0 Å². The monoisotopic (exact) mass is 500 g/mol. The molecule has 0 atom stereocenters. The van der Waals surface area contributed by atoms with Gasteiger partial charge in [-0.1, -0.05) is 95.9 Å². The molecule has 4 heteroatoms. The van der Waals surface area contributed by atoms with Gasteiger partial charge in [0.1, 0.15) is 0 Å². The minimum absolute atomic E-state index is 0.124. The summed E-state index contributed by atoms with van der Waals surface area (Å²) in [6, 6.07) is 8.88. The maximum atomic E-state index is 15.2. The van der Waals surface area contributed by atoms with E-state index in [0.29, 0.717) is 29.0 Å². The molecule has 0 unspecified atom stereocenters. The van der Waals surface area contributed by atoms with Gasteiger partial charge in [0.05, 0.1) is 5.56 Å². The van der Waals surface area contributed by atoms with Crippen molar-refractivity contribution in [3.05, 3.63) is 52.8 Å². The molecule has 0 aromatic heterocycles. The van der Waals surface area contributed by atoms with Gasteiger partial charge in [-0.2, -0.15) is 8.78 Å². The van der Waals surface area contributed by atoms with Crippen LogP contribution in [0.3, 0.4) is 0 Å². The Morgan fingerprint density at radius 1 is 0.806 bits per heavy atom. The molecule has 0 bridgehead atoms. The molecule has 2 aromatic rings.